The van der Waals surface area contributed by atoms with Crippen LogP contribution in [0.1, 0.15) is 27.7 Å². The normalized spacial score (nSPS) is 11.3. The largest absolute Gasteiger partial charge is 0.237 e. The highest BCUT2D eigenvalue weighted by Gasteiger charge is 2.22. The highest BCUT2D eigenvalue weighted by atomic mass is 19.2. The maximum Gasteiger partial charge on any atom is 0.156 e. The second-order valence-corrected chi connectivity index (χ2v) is 2.79. The van der Waals surface area contributed by atoms with Crippen molar-refractivity contribution in [3.8, 4) is 0 Å². The van der Waals surface area contributed by atoms with Crippen LogP contribution in [0, 0.1) is 0 Å². The van der Waals surface area contributed by atoms with Crippen LogP contribution in [-0.4, -0.2) is 5.67 Å². The van der Waals surface area contributed by atoms with Gasteiger partial charge in [-0.1, -0.05) is 0 Å². The summed E-state index contributed by atoms with van der Waals surface area (Å²) in [5, 5.41) is 0. The van der Waals surface area contributed by atoms with Crippen LogP contribution in [0.3, 0.4) is 0 Å². The summed E-state index contributed by atoms with van der Waals surface area (Å²) in [5.74, 6) is -0.664. The van der Waals surface area contributed by atoms with E-state index in [0.717, 1.165) is 0 Å². The Balaban J connectivity index is 4.40. The molecule has 0 radical (unpaired) electrons. The molecule has 0 bridgehead atoms. The predicted molar refractivity (Wildman–Crippen MR) is 34.7 cm³/mol. The third-order valence-electron chi connectivity index (χ3n) is 0.961. The molecule has 54 valence electrons. The van der Waals surface area contributed by atoms with Crippen molar-refractivity contribution >= 4 is 0 Å². The molecule has 0 unspecified atom stereocenters. The van der Waals surface area contributed by atoms with Crippen LogP contribution in [-0.2, 0) is 0 Å². The molecule has 0 aromatic heterocycles. The van der Waals surface area contributed by atoms with Gasteiger partial charge in [0.25, 0.3) is 0 Å². The Morgan fingerprint density at radius 3 is 1.56 bits per heavy atom. The Morgan fingerprint density at radius 2 is 1.56 bits per heavy atom. The fraction of sp³-hybridized carbons (Fsp3) is 0.714. The Morgan fingerprint density at radius 1 is 1.22 bits per heavy atom. The summed E-state index contributed by atoms with van der Waals surface area (Å²) in [6.45, 7) is 5.51. The van der Waals surface area contributed by atoms with Gasteiger partial charge in [-0.05, 0) is 33.3 Å². The van der Waals surface area contributed by atoms with Crippen molar-refractivity contribution < 1.29 is 8.78 Å². The Hall–Kier alpha value is -0.400. The minimum atomic E-state index is -1.81. The third-order valence-corrected chi connectivity index (χ3v) is 0.961. The summed E-state index contributed by atoms with van der Waals surface area (Å²) in [7, 11) is 0. The number of alkyl halides is 1. The molecule has 0 N–H and O–H groups in total. The fourth-order valence-corrected chi connectivity index (χ4v) is 0.594. The first-order valence-corrected chi connectivity index (χ1v) is 2.88. The summed E-state index contributed by atoms with van der Waals surface area (Å²) in [6.07, 6.45) is 0. The monoisotopic (exact) mass is 134 g/mol. The standard InChI is InChI=1S/C7H12F2/c1-5(2)6(8)7(3,4)9/h1-4H3. The molecule has 0 fully saturated rings. The van der Waals surface area contributed by atoms with E-state index >= 15 is 0 Å². The quantitative estimate of drug-likeness (QED) is 0.517. The lowest BCUT2D eigenvalue weighted by Gasteiger charge is -2.11. The van der Waals surface area contributed by atoms with Crippen molar-refractivity contribution in [3.63, 3.8) is 0 Å². The van der Waals surface area contributed by atoms with Gasteiger partial charge in [0.1, 0.15) is 5.83 Å². The first kappa shape index (κ1) is 8.60. The van der Waals surface area contributed by atoms with Gasteiger partial charge in [0, 0.05) is 0 Å². The molecule has 9 heavy (non-hydrogen) atoms. The smallest absolute Gasteiger partial charge is 0.156 e. The van der Waals surface area contributed by atoms with Crippen molar-refractivity contribution in [1.82, 2.24) is 0 Å². The third kappa shape index (κ3) is 2.59. The van der Waals surface area contributed by atoms with Crippen molar-refractivity contribution in [2.45, 2.75) is 33.4 Å². The number of hydrogen-bond donors (Lipinski definition) is 0. The topological polar surface area (TPSA) is 0 Å². The number of hydrogen-bond acceptors (Lipinski definition) is 0. The Kier molecular flexibility index (Phi) is 2.35. The maximum absolute atomic E-state index is 12.6. The lowest BCUT2D eigenvalue weighted by Crippen LogP contribution is -2.13. The second-order valence-electron chi connectivity index (χ2n) is 2.79. The summed E-state index contributed by atoms with van der Waals surface area (Å²) in [4.78, 5) is 0. The predicted octanol–water partition coefficient (Wildman–Crippen LogP) is 3.00. The molecule has 0 atom stereocenters. The Bertz CT molecular complexity index is 124. The van der Waals surface area contributed by atoms with E-state index in [2.05, 4.69) is 0 Å². The molecule has 0 aromatic rings. The first-order chi connectivity index (χ1) is 3.85. The van der Waals surface area contributed by atoms with E-state index in [1.165, 1.54) is 13.8 Å². The van der Waals surface area contributed by atoms with Crippen molar-refractivity contribution in [2.24, 2.45) is 0 Å². The summed E-state index contributed by atoms with van der Waals surface area (Å²) < 4.78 is 25.1. The van der Waals surface area contributed by atoms with Crippen molar-refractivity contribution in [1.29, 1.82) is 0 Å². The van der Waals surface area contributed by atoms with Crippen molar-refractivity contribution in [3.05, 3.63) is 11.4 Å². The van der Waals surface area contributed by atoms with Gasteiger partial charge in [-0.2, -0.15) is 0 Å². The van der Waals surface area contributed by atoms with E-state index in [0.29, 0.717) is 5.57 Å². The molecule has 0 rings (SSSR count). The second kappa shape index (κ2) is 2.46. The zero-order chi connectivity index (χ0) is 7.65. The average Bonchev–Trinajstić information content (AvgIpc) is 1.62. The van der Waals surface area contributed by atoms with Crippen LogP contribution in [0.2, 0.25) is 0 Å². The number of halogens is 2. The molecule has 0 saturated heterocycles. The average molecular weight is 134 g/mol. The summed E-state index contributed by atoms with van der Waals surface area (Å²) in [5.41, 5.74) is -1.40. The molecule has 0 amide bonds. The van der Waals surface area contributed by atoms with Gasteiger partial charge in [-0.3, -0.25) is 0 Å². The highest BCUT2D eigenvalue weighted by molar-refractivity contribution is 5.11. The minimum absolute atomic E-state index is 0.405. The van der Waals surface area contributed by atoms with Crippen LogP contribution in [0.5, 0.6) is 0 Å². The molecule has 0 aliphatic rings. The molecule has 0 saturated carbocycles. The van der Waals surface area contributed by atoms with Gasteiger partial charge in [0.15, 0.2) is 5.67 Å². The van der Waals surface area contributed by atoms with E-state index in [4.69, 9.17) is 0 Å². The van der Waals surface area contributed by atoms with Crippen LogP contribution in [0.15, 0.2) is 11.4 Å². The van der Waals surface area contributed by atoms with Gasteiger partial charge >= 0.3 is 0 Å². The number of rotatable bonds is 1. The summed E-state index contributed by atoms with van der Waals surface area (Å²) >= 11 is 0. The Labute approximate surface area is 54.6 Å². The molecule has 0 aromatic carbocycles. The lowest BCUT2D eigenvalue weighted by molar-refractivity contribution is 0.221. The highest BCUT2D eigenvalue weighted by Crippen LogP contribution is 2.24. The fourth-order valence-electron chi connectivity index (χ4n) is 0.594. The van der Waals surface area contributed by atoms with E-state index < -0.39 is 11.5 Å². The minimum Gasteiger partial charge on any atom is -0.237 e. The van der Waals surface area contributed by atoms with E-state index in [1.807, 2.05) is 0 Å². The zero-order valence-corrected chi connectivity index (χ0v) is 6.26. The molecular weight excluding hydrogens is 122 g/mol. The van der Waals surface area contributed by atoms with Crippen molar-refractivity contribution in [2.75, 3.05) is 0 Å². The zero-order valence-electron chi connectivity index (χ0n) is 6.26. The van der Waals surface area contributed by atoms with Gasteiger partial charge < -0.3 is 0 Å². The maximum atomic E-state index is 12.6. The van der Waals surface area contributed by atoms with Gasteiger partial charge in [-0.25, -0.2) is 8.78 Å². The van der Waals surface area contributed by atoms with Gasteiger partial charge in [0.2, 0.25) is 0 Å². The molecular formula is C7H12F2. The van der Waals surface area contributed by atoms with Crippen LogP contribution < -0.4 is 0 Å². The van der Waals surface area contributed by atoms with E-state index in [1.54, 1.807) is 13.8 Å². The number of allylic oxidation sites excluding steroid dienone is 2. The molecule has 0 aliphatic heterocycles. The van der Waals surface area contributed by atoms with E-state index in [9.17, 15) is 8.78 Å². The summed E-state index contributed by atoms with van der Waals surface area (Å²) in [6, 6.07) is 0. The molecule has 0 heterocycles. The molecule has 2 heteroatoms. The van der Waals surface area contributed by atoms with Crippen LogP contribution in [0.4, 0.5) is 8.78 Å². The van der Waals surface area contributed by atoms with Crippen LogP contribution >= 0.6 is 0 Å². The van der Waals surface area contributed by atoms with Gasteiger partial charge in [0.05, 0.1) is 0 Å². The van der Waals surface area contributed by atoms with E-state index in [-0.39, 0.29) is 0 Å². The molecule has 0 spiro atoms. The SMILES string of the molecule is CC(C)=C(F)C(C)(C)F. The van der Waals surface area contributed by atoms with Gasteiger partial charge in [-0.15, -0.1) is 0 Å². The van der Waals surface area contributed by atoms with Crippen LogP contribution in [0.25, 0.3) is 0 Å². The molecule has 0 aliphatic carbocycles. The molecule has 0 nitrogen and oxygen atoms in total. The lowest BCUT2D eigenvalue weighted by atomic mass is 10.1. The first-order valence-electron chi connectivity index (χ1n) is 2.88.